The van der Waals surface area contributed by atoms with Gasteiger partial charge in [0.2, 0.25) is 0 Å². The van der Waals surface area contributed by atoms with Crippen molar-refractivity contribution in [3.63, 3.8) is 0 Å². The SMILES string of the molecule is O=C(NCCCCOc1ccccc1)c1ccc2ncccc2c1. The number of carbonyl (C=O) groups is 1. The van der Waals surface area contributed by atoms with E-state index in [1.807, 2.05) is 60.7 Å². The average molecular weight is 320 g/mol. The normalized spacial score (nSPS) is 10.5. The van der Waals surface area contributed by atoms with Gasteiger partial charge < -0.3 is 10.1 Å². The Morgan fingerprint density at radius 3 is 2.75 bits per heavy atom. The van der Waals surface area contributed by atoms with Gasteiger partial charge in [-0.15, -0.1) is 0 Å². The molecular formula is C20H20N2O2. The van der Waals surface area contributed by atoms with E-state index in [1.54, 1.807) is 6.20 Å². The van der Waals surface area contributed by atoms with Gasteiger partial charge in [-0.25, -0.2) is 0 Å². The number of benzene rings is 2. The molecule has 0 spiro atoms. The predicted molar refractivity (Wildman–Crippen MR) is 95.2 cm³/mol. The summed E-state index contributed by atoms with van der Waals surface area (Å²) in [6, 6.07) is 19.1. The Kier molecular flexibility index (Phi) is 5.40. The molecule has 1 N–H and O–H groups in total. The van der Waals surface area contributed by atoms with E-state index >= 15 is 0 Å². The van der Waals surface area contributed by atoms with Gasteiger partial charge in [0.25, 0.3) is 5.91 Å². The molecule has 1 aromatic heterocycles. The molecule has 0 bridgehead atoms. The molecule has 0 aliphatic heterocycles. The number of pyridine rings is 1. The zero-order valence-corrected chi connectivity index (χ0v) is 13.4. The van der Waals surface area contributed by atoms with Gasteiger partial charge >= 0.3 is 0 Å². The standard InChI is InChI=1S/C20H20N2O2/c23-20(17-10-11-19-16(15-17)7-6-13-21-19)22-12-4-5-14-24-18-8-2-1-3-9-18/h1-3,6-11,13,15H,4-5,12,14H2,(H,22,23). The molecule has 2 aromatic carbocycles. The lowest BCUT2D eigenvalue weighted by atomic mass is 10.1. The molecule has 0 saturated heterocycles. The van der Waals surface area contributed by atoms with Crippen molar-refractivity contribution in [1.82, 2.24) is 10.3 Å². The van der Waals surface area contributed by atoms with E-state index in [-0.39, 0.29) is 5.91 Å². The summed E-state index contributed by atoms with van der Waals surface area (Å²) in [5.41, 5.74) is 1.56. The first-order valence-electron chi connectivity index (χ1n) is 8.14. The second kappa shape index (κ2) is 8.11. The first kappa shape index (κ1) is 16.0. The molecule has 4 heteroatoms. The van der Waals surface area contributed by atoms with Crippen molar-refractivity contribution >= 4 is 16.8 Å². The number of amides is 1. The number of unbranched alkanes of at least 4 members (excludes halogenated alkanes) is 1. The molecule has 3 aromatic rings. The average Bonchev–Trinajstić information content (AvgIpc) is 2.65. The van der Waals surface area contributed by atoms with Gasteiger partial charge in [-0.05, 0) is 49.2 Å². The highest BCUT2D eigenvalue weighted by Gasteiger charge is 2.05. The van der Waals surface area contributed by atoms with Crippen LogP contribution < -0.4 is 10.1 Å². The van der Waals surface area contributed by atoms with Crippen LogP contribution in [0.15, 0.2) is 66.9 Å². The topological polar surface area (TPSA) is 51.2 Å². The molecule has 3 rings (SSSR count). The lowest BCUT2D eigenvalue weighted by molar-refractivity contribution is 0.0952. The van der Waals surface area contributed by atoms with Crippen molar-refractivity contribution in [3.8, 4) is 5.75 Å². The highest BCUT2D eigenvalue weighted by Crippen LogP contribution is 2.13. The van der Waals surface area contributed by atoms with Gasteiger partial charge in [-0.2, -0.15) is 0 Å². The number of nitrogens with zero attached hydrogens (tertiary/aromatic N) is 1. The van der Waals surface area contributed by atoms with Crippen molar-refractivity contribution in [2.24, 2.45) is 0 Å². The highest BCUT2D eigenvalue weighted by atomic mass is 16.5. The van der Waals surface area contributed by atoms with Gasteiger partial charge in [-0.3, -0.25) is 9.78 Å². The molecule has 122 valence electrons. The second-order valence-electron chi connectivity index (χ2n) is 5.54. The van der Waals surface area contributed by atoms with Crippen LogP contribution in [0.4, 0.5) is 0 Å². The van der Waals surface area contributed by atoms with Crippen molar-refractivity contribution in [2.45, 2.75) is 12.8 Å². The maximum absolute atomic E-state index is 12.2. The monoisotopic (exact) mass is 320 g/mol. The second-order valence-corrected chi connectivity index (χ2v) is 5.54. The molecule has 0 radical (unpaired) electrons. The van der Waals surface area contributed by atoms with Gasteiger partial charge in [0.1, 0.15) is 5.75 Å². The summed E-state index contributed by atoms with van der Waals surface area (Å²) in [5, 5.41) is 3.92. The van der Waals surface area contributed by atoms with Crippen LogP contribution in [0.1, 0.15) is 23.2 Å². The molecule has 0 aliphatic rings. The minimum atomic E-state index is -0.0512. The minimum absolute atomic E-state index is 0.0512. The van der Waals surface area contributed by atoms with Crippen molar-refractivity contribution in [3.05, 3.63) is 72.4 Å². The summed E-state index contributed by atoms with van der Waals surface area (Å²) in [6.07, 6.45) is 3.53. The van der Waals surface area contributed by atoms with E-state index in [4.69, 9.17) is 4.74 Å². The third-order valence-corrected chi connectivity index (χ3v) is 3.73. The largest absolute Gasteiger partial charge is 0.494 e. The van der Waals surface area contributed by atoms with Crippen LogP contribution in [0.2, 0.25) is 0 Å². The zero-order valence-electron chi connectivity index (χ0n) is 13.4. The molecule has 1 heterocycles. The van der Waals surface area contributed by atoms with Crippen molar-refractivity contribution < 1.29 is 9.53 Å². The smallest absolute Gasteiger partial charge is 0.251 e. The van der Waals surface area contributed by atoms with Crippen LogP contribution in [-0.4, -0.2) is 24.0 Å². The summed E-state index contributed by atoms with van der Waals surface area (Å²) in [5.74, 6) is 0.830. The van der Waals surface area contributed by atoms with E-state index in [2.05, 4.69) is 10.3 Å². The Bertz CT molecular complexity index is 803. The molecular weight excluding hydrogens is 300 g/mol. The van der Waals surface area contributed by atoms with Crippen molar-refractivity contribution in [1.29, 1.82) is 0 Å². The molecule has 0 aliphatic carbocycles. The summed E-state index contributed by atoms with van der Waals surface area (Å²) >= 11 is 0. The fraction of sp³-hybridized carbons (Fsp3) is 0.200. The fourth-order valence-corrected chi connectivity index (χ4v) is 2.45. The number of para-hydroxylation sites is 1. The lowest BCUT2D eigenvalue weighted by Crippen LogP contribution is -2.24. The number of hydrogen-bond donors (Lipinski definition) is 1. The fourth-order valence-electron chi connectivity index (χ4n) is 2.45. The molecule has 4 nitrogen and oxygen atoms in total. The first-order chi connectivity index (χ1) is 11.8. The van der Waals surface area contributed by atoms with E-state index in [0.717, 1.165) is 29.5 Å². The Hall–Kier alpha value is -2.88. The minimum Gasteiger partial charge on any atom is -0.494 e. The molecule has 1 amide bonds. The van der Waals surface area contributed by atoms with Gasteiger partial charge in [0.15, 0.2) is 0 Å². The van der Waals surface area contributed by atoms with Crippen LogP contribution in [0.5, 0.6) is 5.75 Å². The molecule has 0 atom stereocenters. The van der Waals surface area contributed by atoms with E-state index < -0.39 is 0 Å². The van der Waals surface area contributed by atoms with Gasteiger partial charge in [0, 0.05) is 23.7 Å². The maximum atomic E-state index is 12.2. The number of fused-ring (bicyclic) bond motifs is 1. The first-order valence-corrected chi connectivity index (χ1v) is 8.14. The molecule has 0 unspecified atom stereocenters. The number of nitrogens with one attached hydrogen (secondary N) is 1. The van der Waals surface area contributed by atoms with Crippen LogP contribution >= 0.6 is 0 Å². The van der Waals surface area contributed by atoms with E-state index in [9.17, 15) is 4.79 Å². The zero-order chi connectivity index (χ0) is 16.6. The Morgan fingerprint density at radius 1 is 1.00 bits per heavy atom. The van der Waals surface area contributed by atoms with Crippen LogP contribution in [0.25, 0.3) is 10.9 Å². The molecule has 0 fully saturated rings. The van der Waals surface area contributed by atoms with E-state index in [1.165, 1.54) is 0 Å². The van der Waals surface area contributed by atoms with Crippen LogP contribution in [0.3, 0.4) is 0 Å². The quantitative estimate of drug-likeness (QED) is 0.673. The third-order valence-electron chi connectivity index (χ3n) is 3.73. The molecule has 0 saturated carbocycles. The van der Waals surface area contributed by atoms with Crippen LogP contribution in [-0.2, 0) is 0 Å². The van der Waals surface area contributed by atoms with Crippen molar-refractivity contribution in [2.75, 3.05) is 13.2 Å². The summed E-state index contributed by atoms with van der Waals surface area (Å²) in [4.78, 5) is 16.4. The number of rotatable bonds is 7. The Labute approximate surface area is 141 Å². The van der Waals surface area contributed by atoms with Crippen LogP contribution in [0, 0.1) is 0 Å². The van der Waals surface area contributed by atoms with Gasteiger partial charge in [-0.1, -0.05) is 24.3 Å². The Balaban J connectivity index is 1.40. The molecule has 24 heavy (non-hydrogen) atoms. The number of aromatic nitrogens is 1. The number of hydrogen-bond acceptors (Lipinski definition) is 3. The summed E-state index contributed by atoms with van der Waals surface area (Å²) in [7, 11) is 0. The third kappa shape index (κ3) is 4.32. The number of carbonyl (C=O) groups excluding carboxylic acids is 1. The Morgan fingerprint density at radius 2 is 1.88 bits per heavy atom. The highest BCUT2D eigenvalue weighted by molar-refractivity contribution is 5.97. The summed E-state index contributed by atoms with van der Waals surface area (Å²) < 4.78 is 5.63. The van der Waals surface area contributed by atoms with E-state index in [0.29, 0.717) is 18.7 Å². The number of ether oxygens (including phenoxy) is 1. The lowest BCUT2D eigenvalue weighted by Gasteiger charge is -2.07. The predicted octanol–water partition coefficient (Wildman–Crippen LogP) is 3.82. The van der Waals surface area contributed by atoms with Gasteiger partial charge in [0.05, 0.1) is 12.1 Å². The maximum Gasteiger partial charge on any atom is 0.251 e. The summed E-state index contributed by atoms with van der Waals surface area (Å²) in [6.45, 7) is 1.30.